The van der Waals surface area contributed by atoms with Crippen LogP contribution in [0.25, 0.3) is 0 Å². The van der Waals surface area contributed by atoms with Crippen LogP contribution in [0.2, 0.25) is 0 Å². The summed E-state index contributed by atoms with van der Waals surface area (Å²) in [6.45, 7) is 0. The molecular weight excluding hydrogens is 390 g/mol. The number of hydrogen-bond donors (Lipinski definition) is 2. The third-order valence-electron chi connectivity index (χ3n) is 4.45. The van der Waals surface area contributed by atoms with Crippen LogP contribution in [0.3, 0.4) is 0 Å². The number of guanidine groups is 2. The molecule has 1 aromatic carbocycles. The predicted octanol–water partition coefficient (Wildman–Crippen LogP) is 2.34. The van der Waals surface area contributed by atoms with E-state index in [-0.39, 0.29) is 23.2 Å². The first-order valence-corrected chi connectivity index (χ1v) is 8.55. The highest BCUT2D eigenvalue weighted by molar-refractivity contribution is 9.10. The number of hydrogen-bond acceptors (Lipinski definition) is 8. The van der Waals surface area contributed by atoms with Crippen molar-refractivity contribution in [2.45, 2.75) is 37.8 Å². The summed E-state index contributed by atoms with van der Waals surface area (Å²) in [5.74, 6) is 0.229. The fraction of sp³-hybridized carbons (Fsp3) is 0.400. The second-order valence-electron chi connectivity index (χ2n) is 6.01. The SMILES string of the molecule is N#Cc1cc([N+](=O)[O-])cc(Br)c1N1C(N)=NC(N)=NC12CCCCC2. The number of non-ortho nitro benzene ring substituents is 1. The molecule has 1 aliphatic carbocycles. The molecule has 1 heterocycles. The summed E-state index contributed by atoms with van der Waals surface area (Å²) in [5.41, 5.74) is 11.6. The monoisotopic (exact) mass is 405 g/mol. The van der Waals surface area contributed by atoms with Crippen molar-refractivity contribution in [1.82, 2.24) is 0 Å². The van der Waals surface area contributed by atoms with Gasteiger partial charge in [-0.25, -0.2) is 4.99 Å². The minimum absolute atomic E-state index is 0.104. The van der Waals surface area contributed by atoms with Crippen LogP contribution in [0.4, 0.5) is 11.4 Å². The van der Waals surface area contributed by atoms with E-state index in [1.807, 2.05) is 6.07 Å². The summed E-state index contributed by atoms with van der Waals surface area (Å²) in [6.07, 6.45) is 4.37. The number of aliphatic imine (C=N–C) groups is 2. The van der Waals surface area contributed by atoms with E-state index in [4.69, 9.17) is 11.5 Å². The molecule has 10 heteroatoms. The minimum Gasteiger partial charge on any atom is -0.369 e. The fourth-order valence-electron chi connectivity index (χ4n) is 3.45. The van der Waals surface area contributed by atoms with E-state index >= 15 is 0 Å². The number of halogens is 1. The number of nitro benzene ring substituents is 1. The normalized spacial score (nSPS) is 19.1. The molecule has 0 aromatic heterocycles. The lowest BCUT2D eigenvalue weighted by Crippen LogP contribution is -2.58. The number of nitro groups is 1. The molecule has 0 saturated heterocycles. The summed E-state index contributed by atoms with van der Waals surface area (Å²) < 4.78 is 0.386. The lowest BCUT2D eigenvalue weighted by Gasteiger charge is -2.46. The van der Waals surface area contributed by atoms with Crippen molar-refractivity contribution in [2.24, 2.45) is 21.5 Å². The highest BCUT2D eigenvalue weighted by Crippen LogP contribution is 2.44. The Hall–Kier alpha value is -2.67. The van der Waals surface area contributed by atoms with E-state index in [9.17, 15) is 15.4 Å². The van der Waals surface area contributed by atoms with E-state index in [2.05, 4.69) is 25.9 Å². The maximum atomic E-state index is 11.1. The van der Waals surface area contributed by atoms with Gasteiger partial charge in [0, 0.05) is 16.6 Å². The van der Waals surface area contributed by atoms with Gasteiger partial charge in [-0.05, 0) is 41.6 Å². The highest BCUT2D eigenvalue weighted by Gasteiger charge is 2.44. The van der Waals surface area contributed by atoms with Crippen molar-refractivity contribution in [3.63, 3.8) is 0 Å². The number of nitrogens with two attached hydrogens (primary N) is 2. The number of nitrogens with zero attached hydrogens (tertiary/aromatic N) is 5. The van der Waals surface area contributed by atoms with Gasteiger partial charge in [-0.1, -0.05) is 6.42 Å². The van der Waals surface area contributed by atoms with Crippen molar-refractivity contribution in [3.8, 4) is 6.07 Å². The number of anilines is 1. The third kappa shape index (κ3) is 2.91. The summed E-state index contributed by atoms with van der Waals surface area (Å²) in [4.78, 5) is 20.8. The molecule has 3 rings (SSSR count). The molecule has 0 amide bonds. The Morgan fingerprint density at radius 3 is 2.60 bits per heavy atom. The Labute approximate surface area is 152 Å². The lowest BCUT2D eigenvalue weighted by molar-refractivity contribution is -0.384. The Balaban J connectivity index is 2.21. The van der Waals surface area contributed by atoms with E-state index in [1.165, 1.54) is 12.1 Å². The van der Waals surface area contributed by atoms with Crippen LogP contribution in [-0.2, 0) is 0 Å². The fourth-order valence-corrected chi connectivity index (χ4v) is 4.07. The first kappa shape index (κ1) is 17.2. The molecule has 1 aliphatic heterocycles. The average Bonchev–Trinajstić information content (AvgIpc) is 2.55. The van der Waals surface area contributed by atoms with Crippen LogP contribution in [0.1, 0.15) is 37.7 Å². The maximum absolute atomic E-state index is 11.1. The maximum Gasteiger partial charge on any atom is 0.272 e. The van der Waals surface area contributed by atoms with Gasteiger partial charge in [-0.2, -0.15) is 10.3 Å². The molecule has 4 N–H and O–H groups in total. The van der Waals surface area contributed by atoms with Gasteiger partial charge in [-0.15, -0.1) is 0 Å². The Kier molecular flexibility index (Phi) is 4.34. The van der Waals surface area contributed by atoms with Crippen molar-refractivity contribution >= 4 is 39.2 Å². The molecule has 2 aliphatic rings. The number of nitriles is 1. The molecule has 0 bridgehead atoms. The van der Waals surface area contributed by atoms with Crippen LogP contribution in [0, 0.1) is 21.4 Å². The molecule has 0 unspecified atom stereocenters. The van der Waals surface area contributed by atoms with E-state index in [0.29, 0.717) is 23.0 Å². The summed E-state index contributed by atoms with van der Waals surface area (Å²) in [6, 6.07) is 4.59. The van der Waals surface area contributed by atoms with Crippen LogP contribution < -0.4 is 16.4 Å². The molecule has 0 radical (unpaired) electrons. The largest absolute Gasteiger partial charge is 0.369 e. The van der Waals surface area contributed by atoms with Gasteiger partial charge in [0.1, 0.15) is 11.7 Å². The van der Waals surface area contributed by atoms with Gasteiger partial charge in [0.2, 0.25) is 11.9 Å². The van der Waals surface area contributed by atoms with E-state index < -0.39 is 10.6 Å². The Morgan fingerprint density at radius 1 is 1.32 bits per heavy atom. The highest BCUT2D eigenvalue weighted by atomic mass is 79.9. The van der Waals surface area contributed by atoms with Crippen molar-refractivity contribution in [2.75, 3.05) is 4.90 Å². The summed E-state index contributed by atoms with van der Waals surface area (Å²) in [7, 11) is 0. The van der Waals surface area contributed by atoms with Gasteiger partial charge in [0.15, 0.2) is 0 Å². The molecular formula is C15H16BrN7O2. The topological polar surface area (TPSA) is 147 Å². The van der Waals surface area contributed by atoms with Crippen LogP contribution in [-0.4, -0.2) is 22.5 Å². The van der Waals surface area contributed by atoms with Gasteiger partial charge < -0.3 is 11.5 Å². The molecule has 1 saturated carbocycles. The quantitative estimate of drug-likeness (QED) is 0.569. The van der Waals surface area contributed by atoms with E-state index in [1.54, 1.807) is 4.90 Å². The molecule has 1 aromatic rings. The second-order valence-corrected chi connectivity index (χ2v) is 6.87. The molecule has 0 atom stereocenters. The molecule has 9 nitrogen and oxygen atoms in total. The summed E-state index contributed by atoms with van der Waals surface area (Å²) in [5, 5.41) is 20.6. The smallest absolute Gasteiger partial charge is 0.272 e. The minimum atomic E-state index is -0.724. The molecule has 1 spiro atoms. The van der Waals surface area contributed by atoms with Gasteiger partial charge in [0.25, 0.3) is 5.69 Å². The Bertz CT molecular complexity index is 837. The van der Waals surface area contributed by atoms with Crippen molar-refractivity contribution < 1.29 is 4.92 Å². The van der Waals surface area contributed by atoms with Gasteiger partial charge in [-0.3, -0.25) is 15.0 Å². The number of benzene rings is 1. The van der Waals surface area contributed by atoms with Crippen LogP contribution in [0.5, 0.6) is 0 Å². The van der Waals surface area contributed by atoms with E-state index in [0.717, 1.165) is 19.3 Å². The first-order valence-electron chi connectivity index (χ1n) is 7.76. The van der Waals surface area contributed by atoms with Gasteiger partial charge >= 0.3 is 0 Å². The zero-order chi connectivity index (χ0) is 18.2. The number of rotatable bonds is 2. The van der Waals surface area contributed by atoms with Crippen LogP contribution >= 0.6 is 15.9 Å². The van der Waals surface area contributed by atoms with Crippen molar-refractivity contribution in [3.05, 3.63) is 32.3 Å². The predicted molar refractivity (Wildman–Crippen MR) is 97.1 cm³/mol. The zero-order valence-electron chi connectivity index (χ0n) is 13.3. The molecule has 1 fully saturated rings. The zero-order valence-corrected chi connectivity index (χ0v) is 14.9. The standard InChI is InChI=1S/C15H16BrN7O2/c16-11-7-10(23(24)25)6-9(8-17)12(11)22-14(19)20-13(18)21-15(22)4-2-1-3-5-15/h6-7H,1-5H2,(H4,18,19,20,21). The van der Waals surface area contributed by atoms with Crippen LogP contribution in [0.15, 0.2) is 26.6 Å². The van der Waals surface area contributed by atoms with Gasteiger partial charge in [0.05, 0.1) is 16.2 Å². The average molecular weight is 406 g/mol. The Morgan fingerprint density at radius 2 is 2.00 bits per heavy atom. The van der Waals surface area contributed by atoms with Crippen molar-refractivity contribution in [1.29, 1.82) is 5.26 Å². The third-order valence-corrected chi connectivity index (χ3v) is 5.06. The summed E-state index contributed by atoms with van der Waals surface area (Å²) >= 11 is 3.35. The first-order chi connectivity index (χ1) is 11.9. The molecule has 130 valence electrons. The second kappa shape index (κ2) is 6.33. The molecule has 25 heavy (non-hydrogen) atoms. The lowest BCUT2D eigenvalue weighted by atomic mass is 9.87.